The van der Waals surface area contributed by atoms with E-state index in [9.17, 15) is 18.0 Å². The van der Waals surface area contributed by atoms with Crippen LogP contribution >= 0.6 is 0 Å². The highest BCUT2D eigenvalue weighted by molar-refractivity contribution is 5.94. The van der Waals surface area contributed by atoms with Crippen LogP contribution in [0.3, 0.4) is 0 Å². The molecule has 0 spiro atoms. The second-order valence-corrected chi connectivity index (χ2v) is 2.63. The Morgan fingerprint density at radius 1 is 1.07 bits per heavy atom. The van der Waals surface area contributed by atoms with Gasteiger partial charge in [-0.2, -0.15) is 13.2 Å². The van der Waals surface area contributed by atoms with Gasteiger partial charge in [0.25, 0.3) is 0 Å². The summed E-state index contributed by atoms with van der Waals surface area (Å²) in [7, 11) is 0. The van der Waals surface area contributed by atoms with Crippen molar-refractivity contribution >= 4 is 5.78 Å². The highest BCUT2D eigenvalue weighted by Gasteiger charge is 2.29. The molecular formula is C11H13F3O. The van der Waals surface area contributed by atoms with Crippen molar-refractivity contribution < 1.29 is 18.0 Å². The van der Waals surface area contributed by atoms with Gasteiger partial charge in [0.15, 0.2) is 5.78 Å². The standard InChI is InChI=1S/C9H7F3O.C2H6/c1-6(13)7-2-4-8(5-3-7)9(10,11)12;1-2/h2-5H,1H3;1-2H3. The second-order valence-electron chi connectivity index (χ2n) is 2.63. The number of hydrogen-bond donors (Lipinski definition) is 0. The molecule has 0 aliphatic rings. The van der Waals surface area contributed by atoms with Crippen molar-refractivity contribution in [2.24, 2.45) is 0 Å². The summed E-state index contributed by atoms with van der Waals surface area (Å²) in [5, 5.41) is 0. The number of Topliss-reactive ketones (excluding diaryl/α,β-unsaturated/α-hetero) is 1. The van der Waals surface area contributed by atoms with Crippen LogP contribution < -0.4 is 0 Å². The van der Waals surface area contributed by atoms with Gasteiger partial charge in [-0.15, -0.1) is 0 Å². The average molecular weight is 218 g/mol. The summed E-state index contributed by atoms with van der Waals surface area (Å²) >= 11 is 0. The first-order valence-corrected chi connectivity index (χ1v) is 4.59. The predicted octanol–water partition coefficient (Wildman–Crippen LogP) is 3.93. The third kappa shape index (κ3) is 4.14. The van der Waals surface area contributed by atoms with E-state index < -0.39 is 11.7 Å². The minimum absolute atomic E-state index is 0.242. The number of benzene rings is 1. The lowest BCUT2D eigenvalue weighted by Crippen LogP contribution is -2.05. The molecule has 4 heteroatoms. The minimum Gasteiger partial charge on any atom is -0.295 e. The molecule has 84 valence electrons. The molecule has 0 aromatic heterocycles. The van der Waals surface area contributed by atoms with Crippen molar-refractivity contribution in [3.05, 3.63) is 35.4 Å². The molecular weight excluding hydrogens is 205 g/mol. The maximum atomic E-state index is 12.0. The van der Waals surface area contributed by atoms with Crippen molar-refractivity contribution in [2.45, 2.75) is 26.9 Å². The van der Waals surface area contributed by atoms with Crippen molar-refractivity contribution in [1.29, 1.82) is 0 Å². The Morgan fingerprint density at radius 2 is 1.47 bits per heavy atom. The fourth-order valence-corrected chi connectivity index (χ4v) is 0.894. The van der Waals surface area contributed by atoms with E-state index in [1.165, 1.54) is 19.1 Å². The lowest BCUT2D eigenvalue weighted by molar-refractivity contribution is -0.137. The highest BCUT2D eigenvalue weighted by atomic mass is 19.4. The van der Waals surface area contributed by atoms with Crippen molar-refractivity contribution in [1.82, 2.24) is 0 Å². The molecule has 0 unspecified atom stereocenters. The minimum atomic E-state index is -4.34. The molecule has 1 aromatic carbocycles. The van der Waals surface area contributed by atoms with Crippen LogP contribution in [0.25, 0.3) is 0 Å². The summed E-state index contributed by atoms with van der Waals surface area (Å²) in [6.07, 6.45) is -4.34. The molecule has 0 N–H and O–H groups in total. The van der Waals surface area contributed by atoms with Gasteiger partial charge in [-0.25, -0.2) is 0 Å². The van der Waals surface area contributed by atoms with Gasteiger partial charge in [0.2, 0.25) is 0 Å². The van der Waals surface area contributed by atoms with Gasteiger partial charge in [-0.3, -0.25) is 4.79 Å². The third-order valence-corrected chi connectivity index (χ3v) is 1.62. The van der Waals surface area contributed by atoms with Gasteiger partial charge in [0.05, 0.1) is 5.56 Å². The first-order chi connectivity index (χ1) is 6.91. The Balaban J connectivity index is 0.000000921. The van der Waals surface area contributed by atoms with E-state index in [0.29, 0.717) is 0 Å². The fourth-order valence-electron chi connectivity index (χ4n) is 0.894. The third-order valence-electron chi connectivity index (χ3n) is 1.62. The fraction of sp³-hybridized carbons (Fsp3) is 0.364. The lowest BCUT2D eigenvalue weighted by Gasteiger charge is -2.05. The summed E-state index contributed by atoms with van der Waals surface area (Å²) in [5.74, 6) is -0.242. The van der Waals surface area contributed by atoms with E-state index in [1.807, 2.05) is 13.8 Å². The van der Waals surface area contributed by atoms with Gasteiger partial charge in [-0.1, -0.05) is 26.0 Å². The summed E-state index contributed by atoms with van der Waals surface area (Å²) in [4.78, 5) is 10.7. The molecule has 15 heavy (non-hydrogen) atoms. The molecule has 0 fully saturated rings. The number of carbonyl (C=O) groups excluding carboxylic acids is 1. The molecule has 0 saturated heterocycles. The monoisotopic (exact) mass is 218 g/mol. The number of rotatable bonds is 1. The van der Waals surface area contributed by atoms with E-state index in [0.717, 1.165) is 12.1 Å². The number of halogens is 3. The van der Waals surface area contributed by atoms with Gasteiger partial charge in [0.1, 0.15) is 0 Å². The van der Waals surface area contributed by atoms with Crippen molar-refractivity contribution in [3.63, 3.8) is 0 Å². The van der Waals surface area contributed by atoms with Crippen molar-refractivity contribution in [3.8, 4) is 0 Å². The lowest BCUT2D eigenvalue weighted by atomic mass is 10.1. The predicted molar refractivity (Wildman–Crippen MR) is 52.8 cm³/mol. The number of ketones is 1. The molecule has 0 aliphatic carbocycles. The molecule has 0 aliphatic heterocycles. The van der Waals surface area contributed by atoms with Crippen LogP contribution in [-0.4, -0.2) is 5.78 Å². The second kappa shape index (κ2) is 5.53. The highest BCUT2D eigenvalue weighted by Crippen LogP contribution is 2.28. The SMILES string of the molecule is CC.CC(=O)c1ccc(C(F)(F)F)cc1. The van der Waals surface area contributed by atoms with Crippen LogP contribution in [0.15, 0.2) is 24.3 Å². The quantitative estimate of drug-likeness (QED) is 0.652. The van der Waals surface area contributed by atoms with E-state index in [2.05, 4.69) is 0 Å². The first-order valence-electron chi connectivity index (χ1n) is 4.59. The summed E-state index contributed by atoms with van der Waals surface area (Å²) in [5.41, 5.74) is -0.453. The van der Waals surface area contributed by atoms with Crippen LogP contribution in [0.2, 0.25) is 0 Å². The largest absolute Gasteiger partial charge is 0.416 e. The Hall–Kier alpha value is -1.32. The van der Waals surface area contributed by atoms with Gasteiger partial charge < -0.3 is 0 Å². The topological polar surface area (TPSA) is 17.1 Å². The smallest absolute Gasteiger partial charge is 0.295 e. The molecule has 0 saturated carbocycles. The van der Waals surface area contributed by atoms with E-state index in [1.54, 1.807) is 0 Å². The Bertz CT molecular complexity index is 312. The molecule has 0 radical (unpaired) electrons. The Morgan fingerprint density at radius 3 is 1.73 bits per heavy atom. The average Bonchev–Trinajstić information content (AvgIpc) is 2.20. The zero-order valence-corrected chi connectivity index (χ0v) is 8.85. The normalized spacial score (nSPS) is 10.3. The number of hydrogen-bond acceptors (Lipinski definition) is 1. The van der Waals surface area contributed by atoms with Crippen LogP contribution in [0.1, 0.15) is 36.7 Å². The molecule has 1 nitrogen and oxygen atoms in total. The first kappa shape index (κ1) is 13.7. The van der Waals surface area contributed by atoms with Crippen LogP contribution in [0, 0.1) is 0 Å². The van der Waals surface area contributed by atoms with Gasteiger partial charge >= 0.3 is 6.18 Å². The zero-order chi connectivity index (χ0) is 12.1. The molecule has 0 atom stereocenters. The number of carbonyl (C=O) groups is 1. The van der Waals surface area contributed by atoms with Crippen LogP contribution in [-0.2, 0) is 6.18 Å². The van der Waals surface area contributed by atoms with E-state index in [4.69, 9.17) is 0 Å². The summed E-state index contributed by atoms with van der Waals surface area (Å²) < 4.78 is 36.1. The Labute approximate surface area is 86.9 Å². The van der Waals surface area contributed by atoms with Crippen LogP contribution in [0.4, 0.5) is 13.2 Å². The van der Waals surface area contributed by atoms with E-state index >= 15 is 0 Å². The molecule has 1 rings (SSSR count). The molecule has 0 bridgehead atoms. The van der Waals surface area contributed by atoms with E-state index in [-0.39, 0.29) is 11.3 Å². The molecule has 0 amide bonds. The van der Waals surface area contributed by atoms with Crippen molar-refractivity contribution in [2.75, 3.05) is 0 Å². The van der Waals surface area contributed by atoms with Gasteiger partial charge in [-0.05, 0) is 19.1 Å². The summed E-state index contributed by atoms with van der Waals surface area (Å²) in [6, 6.07) is 4.14. The Kier molecular flexibility index (Phi) is 5.05. The van der Waals surface area contributed by atoms with Gasteiger partial charge in [0, 0.05) is 5.56 Å². The maximum absolute atomic E-state index is 12.0. The number of alkyl halides is 3. The summed E-state index contributed by atoms with van der Waals surface area (Å²) in [6.45, 7) is 5.31. The molecule has 1 aromatic rings. The zero-order valence-electron chi connectivity index (χ0n) is 8.85. The molecule has 0 heterocycles. The maximum Gasteiger partial charge on any atom is 0.416 e. The van der Waals surface area contributed by atoms with Crippen LogP contribution in [0.5, 0.6) is 0 Å².